The molecule has 2 aliphatic rings. The fraction of sp³-hybridized carbons (Fsp3) is 0.700. The number of benzene rings is 1. The van der Waals surface area contributed by atoms with Gasteiger partial charge in [-0.2, -0.15) is 0 Å². The van der Waals surface area contributed by atoms with E-state index in [1.807, 2.05) is 6.07 Å². The minimum absolute atomic E-state index is 0. The van der Waals surface area contributed by atoms with E-state index in [0.29, 0.717) is 31.0 Å². The van der Waals surface area contributed by atoms with E-state index >= 15 is 0 Å². The van der Waals surface area contributed by atoms with Crippen LogP contribution in [0.15, 0.2) is 24.3 Å². The second-order valence-electron chi connectivity index (χ2n) is 7.95. The largest absolute Gasteiger partial charge is 0.573 e. The standard InChI is InChI=1S/C20H29F3N2O2.2ClH/c1-15-13-25(11-10-24-15)14-18(19(26)8-3-2-4-9-19)16-6-5-7-17(12-16)27-20(21,22)23;;/h5-7,12,15,18,24,26H,2-4,8-11,13-14H2,1H3;2*1H/t15-,18-;;/m1../s1. The van der Waals surface area contributed by atoms with Crippen molar-refractivity contribution >= 4 is 24.8 Å². The molecular formula is C20H31Cl2F3N2O2. The Balaban J connectivity index is 0.00000210. The number of alkyl halides is 3. The maximum absolute atomic E-state index is 12.6. The van der Waals surface area contributed by atoms with Gasteiger partial charge in [-0.05, 0) is 37.5 Å². The molecule has 0 bridgehead atoms. The summed E-state index contributed by atoms with van der Waals surface area (Å²) < 4.78 is 42.0. The number of piperazine rings is 1. The minimum Gasteiger partial charge on any atom is -0.406 e. The smallest absolute Gasteiger partial charge is 0.406 e. The molecule has 2 fully saturated rings. The van der Waals surface area contributed by atoms with Gasteiger partial charge in [0.25, 0.3) is 0 Å². The van der Waals surface area contributed by atoms with Crippen LogP contribution in [0.25, 0.3) is 0 Å². The third-order valence-electron chi connectivity index (χ3n) is 5.76. The Morgan fingerprint density at radius 1 is 1.24 bits per heavy atom. The molecule has 1 heterocycles. The summed E-state index contributed by atoms with van der Waals surface area (Å²) in [5.41, 5.74) is -0.171. The molecular weight excluding hydrogens is 428 g/mol. The highest BCUT2D eigenvalue weighted by atomic mass is 35.5. The van der Waals surface area contributed by atoms with Crippen LogP contribution in [0, 0.1) is 0 Å². The molecule has 0 amide bonds. The zero-order chi connectivity index (χ0) is 19.5. The highest BCUT2D eigenvalue weighted by Crippen LogP contribution is 2.41. The highest BCUT2D eigenvalue weighted by molar-refractivity contribution is 5.85. The van der Waals surface area contributed by atoms with Crippen molar-refractivity contribution in [2.45, 2.75) is 63.0 Å². The van der Waals surface area contributed by atoms with Gasteiger partial charge >= 0.3 is 6.36 Å². The van der Waals surface area contributed by atoms with Crippen LogP contribution in [0.2, 0.25) is 0 Å². The van der Waals surface area contributed by atoms with Crippen LogP contribution in [0.3, 0.4) is 0 Å². The van der Waals surface area contributed by atoms with Crippen LogP contribution in [0.4, 0.5) is 13.2 Å². The fourth-order valence-electron chi connectivity index (χ4n) is 4.46. The summed E-state index contributed by atoms with van der Waals surface area (Å²) in [5.74, 6) is -0.460. The molecule has 9 heteroatoms. The van der Waals surface area contributed by atoms with E-state index in [-0.39, 0.29) is 36.5 Å². The van der Waals surface area contributed by atoms with E-state index in [1.54, 1.807) is 6.07 Å². The van der Waals surface area contributed by atoms with Crippen LogP contribution in [0.1, 0.15) is 50.5 Å². The molecule has 1 saturated carbocycles. The average molecular weight is 459 g/mol. The quantitative estimate of drug-likeness (QED) is 0.681. The molecule has 0 unspecified atom stereocenters. The first-order chi connectivity index (χ1) is 12.8. The Kier molecular flexibility index (Phi) is 10.0. The van der Waals surface area contributed by atoms with E-state index in [2.05, 4.69) is 21.9 Å². The van der Waals surface area contributed by atoms with Crippen LogP contribution in [-0.2, 0) is 0 Å². The zero-order valence-electron chi connectivity index (χ0n) is 16.6. The van der Waals surface area contributed by atoms with Gasteiger partial charge in [0.2, 0.25) is 0 Å². The lowest BCUT2D eigenvalue weighted by Crippen LogP contribution is -2.52. The molecule has 2 N–H and O–H groups in total. The maximum atomic E-state index is 12.6. The normalized spacial score (nSPS) is 23.4. The number of hydrogen-bond acceptors (Lipinski definition) is 4. The third kappa shape index (κ3) is 7.47. The van der Waals surface area contributed by atoms with Gasteiger partial charge in [-0.25, -0.2) is 0 Å². The number of ether oxygens (including phenoxy) is 1. The van der Waals surface area contributed by atoms with Gasteiger partial charge in [0.05, 0.1) is 5.60 Å². The molecule has 4 nitrogen and oxygen atoms in total. The average Bonchev–Trinajstić information content (AvgIpc) is 2.59. The van der Waals surface area contributed by atoms with Crippen molar-refractivity contribution in [1.29, 1.82) is 0 Å². The maximum Gasteiger partial charge on any atom is 0.573 e. The molecule has 3 rings (SSSR count). The van der Waals surface area contributed by atoms with Gasteiger partial charge < -0.3 is 15.2 Å². The minimum atomic E-state index is -4.72. The highest BCUT2D eigenvalue weighted by Gasteiger charge is 2.40. The second kappa shape index (κ2) is 11.0. The number of hydrogen-bond donors (Lipinski definition) is 2. The van der Waals surface area contributed by atoms with Crippen molar-refractivity contribution in [2.75, 3.05) is 26.2 Å². The topological polar surface area (TPSA) is 44.7 Å². The van der Waals surface area contributed by atoms with Gasteiger partial charge in [0, 0.05) is 38.1 Å². The molecule has 0 aromatic heterocycles. The van der Waals surface area contributed by atoms with Gasteiger partial charge in [0.15, 0.2) is 0 Å². The zero-order valence-corrected chi connectivity index (χ0v) is 18.2. The number of rotatable bonds is 5. The summed E-state index contributed by atoms with van der Waals surface area (Å²) in [6.07, 6.45) is -0.360. The SMILES string of the molecule is C[C@@H]1CN(C[C@H](c2cccc(OC(F)(F)F)c2)C2(O)CCCCC2)CCN1.Cl.Cl. The summed E-state index contributed by atoms with van der Waals surface area (Å²) in [4.78, 5) is 2.30. The lowest BCUT2D eigenvalue weighted by molar-refractivity contribution is -0.274. The molecule has 168 valence electrons. The number of nitrogens with one attached hydrogen (secondary N) is 1. The van der Waals surface area contributed by atoms with Crippen molar-refractivity contribution in [3.05, 3.63) is 29.8 Å². The summed E-state index contributed by atoms with van der Waals surface area (Å²) in [5, 5.41) is 14.8. The molecule has 29 heavy (non-hydrogen) atoms. The molecule has 1 aromatic rings. The second-order valence-corrected chi connectivity index (χ2v) is 7.95. The number of aliphatic hydroxyl groups is 1. The molecule has 0 spiro atoms. The van der Waals surface area contributed by atoms with Crippen molar-refractivity contribution in [1.82, 2.24) is 10.2 Å². The Morgan fingerprint density at radius 3 is 2.55 bits per heavy atom. The van der Waals surface area contributed by atoms with Crippen LogP contribution in [0.5, 0.6) is 5.75 Å². The Labute approximate surface area is 183 Å². The first-order valence-electron chi connectivity index (χ1n) is 9.79. The summed E-state index contributed by atoms with van der Waals surface area (Å²) in [6, 6.07) is 6.50. The molecule has 1 aliphatic heterocycles. The van der Waals surface area contributed by atoms with E-state index < -0.39 is 12.0 Å². The molecule has 0 radical (unpaired) electrons. The summed E-state index contributed by atoms with van der Waals surface area (Å²) in [6.45, 7) is 5.37. The van der Waals surface area contributed by atoms with E-state index in [4.69, 9.17) is 0 Å². The molecule has 1 aliphatic carbocycles. The molecule has 2 atom stereocenters. The van der Waals surface area contributed by atoms with Crippen molar-refractivity contribution < 1.29 is 23.0 Å². The monoisotopic (exact) mass is 458 g/mol. The van der Waals surface area contributed by atoms with Gasteiger partial charge in [-0.15, -0.1) is 38.0 Å². The van der Waals surface area contributed by atoms with E-state index in [9.17, 15) is 18.3 Å². The summed E-state index contributed by atoms with van der Waals surface area (Å²) >= 11 is 0. The van der Waals surface area contributed by atoms with Crippen molar-refractivity contribution in [2.24, 2.45) is 0 Å². The van der Waals surface area contributed by atoms with Crippen LogP contribution < -0.4 is 10.1 Å². The van der Waals surface area contributed by atoms with Crippen molar-refractivity contribution in [3.63, 3.8) is 0 Å². The fourth-order valence-corrected chi connectivity index (χ4v) is 4.46. The number of nitrogens with zero attached hydrogens (tertiary/aromatic N) is 1. The van der Waals surface area contributed by atoms with Gasteiger partial charge in [-0.3, -0.25) is 4.90 Å². The van der Waals surface area contributed by atoms with Gasteiger partial charge in [0.1, 0.15) is 5.75 Å². The van der Waals surface area contributed by atoms with E-state index in [1.165, 1.54) is 12.1 Å². The molecule has 1 aromatic carbocycles. The lowest BCUT2D eigenvalue weighted by atomic mass is 9.72. The first-order valence-corrected chi connectivity index (χ1v) is 9.79. The first kappa shape index (κ1) is 26.3. The number of halogens is 5. The predicted molar refractivity (Wildman–Crippen MR) is 112 cm³/mol. The Hall–Kier alpha value is -0.730. The third-order valence-corrected chi connectivity index (χ3v) is 5.76. The predicted octanol–water partition coefficient (Wildman–Crippen LogP) is 4.50. The Morgan fingerprint density at radius 2 is 1.93 bits per heavy atom. The van der Waals surface area contributed by atoms with E-state index in [0.717, 1.165) is 38.9 Å². The van der Waals surface area contributed by atoms with Crippen LogP contribution in [-0.4, -0.2) is 54.2 Å². The molecule has 1 saturated heterocycles. The van der Waals surface area contributed by atoms with Gasteiger partial charge in [-0.1, -0.05) is 31.4 Å². The summed E-state index contributed by atoms with van der Waals surface area (Å²) in [7, 11) is 0. The van der Waals surface area contributed by atoms with Crippen molar-refractivity contribution in [3.8, 4) is 5.75 Å². The van der Waals surface area contributed by atoms with Crippen LogP contribution >= 0.6 is 24.8 Å². The lowest BCUT2D eigenvalue weighted by Gasteiger charge is -2.43. The Bertz CT molecular complexity index is 628.